The Hall–Kier alpha value is -1.27. The molecule has 0 saturated heterocycles. The molecule has 6 nitrogen and oxygen atoms in total. The first-order valence-corrected chi connectivity index (χ1v) is 14.0. The Morgan fingerprint density at radius 1 is 1.12 bits per heavy atom. The number of ether oxygens (including phenoxy) is 1. The maximum atomic E-state index is 13.5. The fourth-order valence-electron chi connectivity index (χ4n) is 8.76. The van der Waals surface area contributed by atoms with Crippen molar-refractivity contribution in [3.8, 4) is 0 Å². The van der Waals surface area contributed by atoms with E-state index >= 15 is 0 Å². The summed E-state index contributed by atoms with van der Waals surface area (Å²) in [6.07, 6.45) is 14.3. The zero-order valence-electron chi connectivity index (χ0n) is 21.5. The van der Waals surface area contributed by atoms with Crippen LogP contribution >= 0.6 is 0 Å². The van der Waals surface area contributed by atoms with E-state index in [4.69, 9.17) is 4.74 Å². The summed E-state index contributed by atoms with van der Waals surface area (Å²) in [6, 6.07) is 0. The molecular formula is C28H45N3O3. The quantitative estimate of drug-likeness (QED) is 0.528. The van der Waals surface area contributed by atoms with Gasteiger partial charge >= 0.3 is 0 Å². The van der Waals surface area contributed by atoms with Gasteiger partial charge in [0.25, 0.3) is 0 Å². The molecule has 0 amide bonds. The third-order valence-electron chi connectivity index (χ3n) is 10.4. The van der Waals surface area contributed by atoms with Gasteiger partial charge in [-0.15, -0.1) is 0 Å². The number of ketones is 1. The van der Waals surface area contributed by atoms with Crippen molar-refractivity contribution in [3.05, 3.63) is 11.9 Å². The van der Waals surface area contributed by atoms with E-state index < -0.39 is 5.60 Å². The zero-order valence-corrected chi connectivity index (χ0v) is 21.5. The van der Waals surface area contributed by atoms with Crippen molar-refractivity contribution >= 4 is 5.78 Å². The number of hydrogen-bond donors (Lipinski definition) is 1. The summed E-state index contributed by atoms with van der Waals surface area (Å²) in [5, 5.41) is 19.5. The van der Waals surface area contributed by atoms with Gasteiger partial charge in [0.15, 0.2) is 5.78 Å². The second kappa shape index (κ2) is 9.65. The van der Waals surface area contributed by atoms with Crippen molar-refractivity contribution < 1.29 is 14.6 Å². The third-order valence-corrected chi connectivity index (χ3v) is 10.4. The molecule has 4 saturated carbocycles. The molecule has 0 unspecified atom stereocenters. The number of unbranched alkanes of at least 4 members (excludes halogenated alkanes) is 1. The van der Waals surface area contributed by atoms with Crippen molar-refractivity contribution in [1.82, 2.24) is 15.0 Å². The van der Waals surface area contributed by atoms with Crippen molar-refractivity contribution in [2.45, 2.75) is 110 Å². The van der Waals surface area contributed by atoms with Crippen LogP contribution in [0, 0.1) is 40.9 Å². The number of aliphatic hydroxyl groups is 1. The van der Waals surface area contributed by atoms with Crippen molar-refractivity contribution in [2.75, 3.05) is 6.61 Å². The molecule has 0 aromatic carbocycles. The molecule has 1 heterocycles. The van der Waals surface area contributed by atoms with Crippen LogP contribution in [0.3, 0.4) is 0 Å². The molecule has 0 bridgehead atoms. The van der Waals surface area contributed by atoms with Crippen LogP contribution in [0.4, 0.5) is 0 Å². The first-order valence-electron chi connectivity index (χ1n) is 14.0. The smallest absolute Gasteiger partial charge is 0.159 e. The van der Waals surface area contributed by atoms with Crippen LogP contribution < -0.4 is 0 Å². The van der Waals surface area contributed by atoms with Gasteiger partial charge in [-0.25, -0.2) is 0 Å². The largest absolute Gasteiger partial charge is 0.390 e. The van der Waals surface area contributed by atoms with Gasteiger partial charge in [-0.1, -0.05) is 20.3 Å². The Bertz CT molecular complexity index is 867. The van der Waals surface area contributed by atoms with Crippen LogP contribution in [0.5, 0.6) is 0 Å². The summed E-state index contributed by atoms with van der Waals surface area (Å²) in [5.41, 5.74) is 0.484. The molecule has 8 atom stereocenters. The van der Waals surface area contributed by atoms with Crippen LogP contribution in [0.2, 0.25) is 0 Å². The van der Waals surface area contributed by atoms with Gasteiger partial charge in [0.2, 0.25) is 0 Å². The zero-order chi connectivity index (χ0) is 23.9. The van der Waals surface area contributed by atoms with Crippen molar-refractivity contribution in [1.29, 1.82) is 0 Å². The Kier molecular flexibility index (Phi) is 6.93. The molecule has 190 valence electrons. The Morgan fingerprint density at radius 2 is 1.94 bits per heavy atom. The first kappa shape index (κ1) is 24.4. The third kappa shape index (κ3) is 4.61. The summed E-state index contributed by atoms with van der Waals surface area (Å²) in [6.45, 7) is 8.11. The van der Waals surface area contributed by atoms with E-state index in [-0.39, 0.29) is 17.9 Å². The molecule has 0 aliphatic heterocycles. The fraction of sp³-hybridized carbons (Fsp3) is 0.893. The summed E-state index contributed by atoms with van der Waals surface area (Å²) in [4.78, 5) is 15.1. The average molecular weight is 472 g/mol. The van der Waals surface area contributed by atoms with E-state index in [1.807, 2.05) is 6.92 Å². The van der Waals surface area contributed by atoms with E-state index in [0.29, 0.717) is 24.2 Å². The van der Waals surface area contributed by atoms with Crippen LogP contribution in [0.15, 0.2) is 6.20 Å². The van der Waals surface area contributed by atoms with E-state index in [1.165, 1.54) is 38.5 Å². The SMILES string of the molecule is CCCCOCc1cnn(CC(=O)[C@H]2CC[C@H]3[C@@H]4CC[C@H]5C[C@](C)(O)CC[C@@H]5[C@H]4CC[C@]23C)n1. The highest BCUT2D eigenvalue weighted by Crippen LogP contribution is 2.64. The summed E-state index contributed by atoms with van der Waals surface area (Å²) in [7, 11) is 0. The molecular weight excluding hydrogens is 426 g/mol. The Balaban J connectivity index is 1.21. The van der Waals surface area contributed by atoms with E-state index in [0.717, 1.165) is 62.2 Å². The molecule has 34 heavy (non-hydrogen) atoms. The second-order valence-electron chi connectivity index (χ2n) is 12.6. The summed E-state index contributed by atoms with van der Waals surface area (Å²) >= 11 is 0. The fourth-order valence-corrected chi connectivity index (χ4v) is 8.76. The normalized spacial score (nSPS) is 41.5. The lowest BCUT2D eigenvalue weighted by Gasteiger charge is -2.56. The molecule has 1 N–H and O–H groups in total. The van der Waals surface area contributed by atoms with Gasteiger partial charge < -0.3 is 9.84 Å². The minimum atomic E-state index is -0.454. The predicted molar refractivity (Wildman–Crippen MR) is 131 cm³/mol. The molecule has 1 aromatic rings. The molecule has 4 fully saturated rings. The summed E-state index contributed by atoms with van der Waals surface area (Å²) < 4.78 is 5.65. The number of carbonyl (C=O) groups excluding carboxylic acids is 1. The average Bonchev–Trinajstić information content (AvgIpc) is 3.39. The number of fused-ring (bicyclic) bond motifs is 5. The van der Waals surface area contributed by atoms with Crippen LogP contribution in [0.25, 0.3) is 0 Å². The number of rotatable bonds is 8. The van der Waals surface area contributed by atoms with Gasteiger partial charge in [0, 0.05) is 12.5 Å². The minimum absolute atomic E-state index is 0.129. The van der Waals surface area contributed by atoms with E-state index in [9.17, 15) is 9.90 Å². The van der Waals surface area contributed by atoms with Crippen molar-refractivity contribution in [2.24, 2.45) is 40.9 Å². The van der Waals surface area contributed by atoms with E-state index in [2.05, 4.69) is 24.0 Å². The molecule has 6 heteroatoms. The lowest BCUT2D eigenvalue weighted by atomic mass is 9.49. The number of Topliss-reactive ketones (excluding diaryl/α,β-unsaturated/α-hetero) is 1. The highest BCUT2D eigenvalue weighted by atomic mass is 16.5. The van der Waals surface area contributed by atoms with Crippen LogP contribution in [0.1, 0.15) is 97.1 Å². The minimum Gasteiger partial charge on any atom is -0.390 e. The maximum Gasteiger partial charge on any atom is 0.159 e. The maximum absolute atomic E-state index is 13.5. The van der Waals surface area contributed by atoms with Crippen molar-refractivity contribution in [3.63, 3.8) is 0 Å². The first-order chi connectivity index (χ1) is 16.3. The second-order valence-corrected chi connectivity index (χ2v) is 12.6. The van der Waals surface area contributed by atoms with Crippen LogP contribution in [-0.4, -0.2) is 38.1 Å². The van der Waals surface area contributed by atoms with Gasteiger partial charge in [0.05, 0.1) is 18.4 Å². The number of carbonyl (C=O) groups is 1. The van der Waals surface area contributed by atoms with Gasteiger partial charge in [-0.3, -0.25) is 4.79 Å². The molecule has 0 spiro atoms. The highest BCUT2D eigenvalue weighted by molar-refractivity contribution is 5.82. The topological polar surface area (TPSA) is 77.2 Å². The van der Waals surface area contributed by atoms with Gasteiger partial charge in [-0.05, 0) is 106 Å². The lowest BCUT2D eigenvalue weighted by Crippen LogP contribution is -2.51. The molecule has 4 aliphatic carbocycles. The monoisotopic (exact) mass is 471 g/mol. The Labute approximate surface area is 205 Å². The number of nitrogens with zero attached hydrogens (tertiary/aromatic N) is 3. The number of aromatic nitrogens is 3. The number of hydrogen-bond acceptors (Lipinski definition) is 5. The predicted octanol–water partition coefficient (Wildman–Crippen LogP) is 5.18. The summed E-state index contributed by atoms with van der Waals surface area (Å²) in [5.74, 6) is 4.22. The standard InChI is InChI=1S/C28H45N3O3/c1-4-5-14-34-18-20-16-29-31(30-20)17-26(32)25-9-8-24-23-7-6-19-15-27(2,33)12-10-21(19)22(23)11-13-28(24,25)3/h16,19,21-25,33H,4-15,17-18H2,1-3H3/t19-,21-,22+,23+,24-,25+,27+,28-/m0/s1. The van der Waals surface area contributed by atoms with E-state index in [1.54, 1.807) is 11.0 Å². The van der Waals surface area contributed by atoms with Gasteiger partial charge in [-0.2, -0.15) is 15.0 Å². The highest BCUT2D eigenvalue weighted by Gasteiger charge is 2.58. The lowest BCUT2D eigenvalue weighted by molar-refractivity contribution is -0.133. The Morgan fingerprint density at radius 3 is 2.76 bits per heavy atom. The molecule has 5 rings (SSSR count). The molecule has 0 radical (unpaired) electrons. The molecule has 1 aromatic heterocycles. The van der Waals surface area contributed by atoms with Crippen LogP contribution in [-0.2, 0) is 22.7 Å². The van der Waals surface area contributed by atoms with Gasteiger partial charge in [0.1, 0.15) is 12.2 Å². The molecule has 4 aliphatic rings.